The average Bonchev–Trinajstić information content (AvgIpc) is 2.76. The highest BCUT2D eigenvalue weighted by Gasteiger charge is 2.30. The van der Waals surface area contributed by atoms with E-state index in [2.05, 4.69) is 5.32 Å². The number of carbonyl (C=O) groups is 1. The number of fused-ring (bicyclic) bond motifs is 1. The third kappa shape index (κ3) is 5.85. The standard InChI is InChI=1S/C23H30N2O6S/c1-4-29-20-10-6-5-8-18(20)9-7-13-24-23(26)17(2)25(32(3,27)28)19-11-12-21-22(16-19)31-15-14-30-21/h5-6,8,10-12,16-17H,4,7,9,13-15H2,1-3H3,(H,24,26)/t17-/m1/s1. The Morgan fingerprint density at radius 2 is 1.88 bits per heavy atom. The second-order valence-corrected chi connectivity index (χ2v) is 9.36. The molecule has 0 unspecified atom stereocenters. The maximum atomic E-state index is 12.8. The van der Waals surface area contributed by atoms with Gasteiger partial charge in [0, 0.05) is 12.6 Å². The number of benzene rings is 2. The lowest BCUT2D eigenvalue weighted by atomic mass is 10.1. The van der Waals surface area contributed by atoms with Crippen LogP contribution in [0.2, 0.25) is 0 Å². The molecule has 174 valence electrons. The van der Waals surface area contributed by atoms with Gasteiger partial charge in [-0.15, -0.1) is 0 Å². The number of carbonyl (C=O) groups excluding carboxylic acids is 1. The van der Waals surface area contributed by atoms with Crippen LogP contribution in [0.4, 0.5) is 5.69 Å². The van der Waals surface area contributed by atoms with Gasteiger partial charge in [0.25, 0.3) is 0 Å². The second kappa shape index (κ2) is 10.6. The summed E-state index contributed by atoms with van der Waals surface area (Å²) in [6.45, 7) is 5.34. The first-order chi connectivity index (χ1) is 15.3. The largest absolute Gasteiger partial charge is 0.494 e. The summed E-state index contributed by atoms with van der Waals surface area (Å²) in [6, 6.07) is 11.7. The van der Waals surface area contributed by atoms with Gasteiger partial charge >= 0.3 is 0 Å². The molecule has 0 saturated carbocycles. The van der Waals surface area contributed by atoms with Crippen LogP contribution in [0, 0.1) is 0 Å². The summed E-state index contributed by atoms with van der Waals surface area (Å²) in [5.74, 6) is 1.49. The minimum Gasteiger partial charge on any atom is -0.494 e. The third-order valence-electron chi connectivity index (χ3n) is 5.06. The molecule has 0 bridgehead atoms. The topological polar surface area (TPSA) is 94.2 Å². The van der Waals surface area contributed by atoms with Gasteiger partial charge in [0.05, 0.1) is 18.6 Å². The zero-order chi connectivity index (χ0) is 23.1. The van der Waals surface area contributed by atoms with E-state index in [1.165, 1.54) is 0 Å². The quantitative estimate of drug-likeness (QED) is 0.546. The number of aryl methyl sites for hydroxylation is 1. The first-order valence-electron chi connectivity index (χ1n) is 10.7. The molecule has 3 rings (SSSR count). The van der Waals surface area contributed by atoms with Crippen molar-refractivity contribution < 1.29 is 27.4 Å². The molecule has 0 aromatic heterocycles. The lowest BCUT2D eigenvalue weighted by Gasteiger charge is -2.29. The van der Waals surface area contributed by atoms with E-state index in [9.17, 15) is 13.2 Å². The molecule has 1 aliphatic heterocycles. The van der Waals surface area contributed by atoms with Crippen molar-refractivity contribution in [1.82, 2.24) is 5.32 Å². The number of hydrogen-bond donors (Lipinski definition) is 1. The molecule has 1 aliphatic rings. The maximum absolute atomic E-state index is 12.8. The van der Waals surface area contributed by atoms with Gasteiger partial charge < -0.3 is 19.5 Å². The molecule has 2 aromatic rings. The Balaban J connectivity index is 1.63. The van der Waals surface area contributed by atoms with Gasteiger partial charge in [-0.2, -0.15) is 0 Å². The fourth-order valence-corrected chi connectivity index (χ4v) is 4.79. The first kappa shape index (κ1) is 23.7. The fraction of sp³-hybridized carbons (Fsp3) is 0.435. The van der Waals surface area contributed by atoms with E-state index < -0.39 is 16.1 Å². The predicted octanol–water partition coefficient (Wildman–Crippen LogP) is 2.76. The summed E-state index contributed by atoms with van der Waals surface area (Å²) in [4.78, 5) is 12.8. The lowest BCUT2D eigenvalue weighted by molar-refractivity contribution is -0.121. The second-order valence-electron chi connectivity index (χ2n) is 7.50. The van der Waals surface area contributed by atoms with Gasteiger partial charge in [-0.3, -0.25) is 9.10 Å². The Kier molecular flexibility index (Phi) is 7.84. The highest BCUT2D eigenvalue weighted by Crippen LogP contribution is 2.35. The summed E-state index contributed by atoms with van der Waals surface area (Å²) >= 11 is 0. The van der Waals surface area contributed by atoms with Crippen LogP contribution in [-0.2, 0) is 21.2 Å². The molecule has 32 heavy (non-hydrogen) atoms. The van der Waals surface area contributed by atoms with Crippen LogP contribution >= 0.6 is 0 Å². The normalized spacial score (nSPS) is 13.8. The van der Waals surface area contributed by atoms with E-state index in [0.717, 1.165) is 28.3 Å². The predicted molar refractivity (Wildman–Crippen MR) is 123 cm³/mol. The van der Waals surface area contributed by atoms with Crippen molar-refractivity contribution in [2.75, 3.05) is 36.9 Å². The molecule has 1 amide bonds. The molecule has 1 atom stereocenters. The Bertz CT molecular complexity index is 1040. The van der Waals surface area contributed by atoms with E-state index in [1.807, 2.05) is 31.2 Å². The number of hydrogen-bond acceptors (Lipinski definition) is 6. The Hall–Kier alpha value is -2.94. The van der Waals surface area contributed by atoms with Crippen molar-refractivity contribution >= 4 is 21.6 Å². The van der Waals surface area contributed by atoms with Crippen LogP contribution in [0.15, 0.2) is 42.5 Å². The first-order valence-corrected chi connectivity index (χ1v) is 12.5. The van der Waals surface area contributed by atoms with Gasteiger partial charge in [0.2, 0.25) is 15.9 Å². The Labute approximate surface area is 189 Å². The van der Waals surface area contributed by atoms with Crippen LogP contribution in [0.3, 0.4) is 0 Å². The minimum atomic E-state index is -3.71. The number of rotatable bonds is 10. The molecule has 1 N–H and O–H groups in total. The number of sulfonamides is 1. The van der Waals surface area contributed by atoms with Gasteiger partial charge in [-0.25, -0.2) is 8.42 Å². The van der Waals surface area contributed by atoms with E-state index in [-0.39, 0.29) is 5.91 Å². The average molecular weight is 463 g/mol. The summed E-state index contributed by atoms with van der Waals surface area (Å²) < 4.78 is 42.8. The zero-order valence-electron chi connectivity index (χ0n) is 18.7. The third-order valence-corrected chi connectivity index (χ3v) is 6.30. The van der Waals surface area contributed by atoms with Gasteiger partial charge in [-0.05, 0) is 50.5 Å². The van der Waals surface area contributed by atoms with Crippen LogP contribution in [-0.4, -0.2) is 53.0 Å². The molecule has 1 heterocycles. The summed E-state index contributed by atoms with van der Waals surface area (Å²) in [6.07, 6.45) is 2.52. The molecule has 9 heteroatoms. The number of nitrogens with one attached hydrogen (secondary N) is 1. The molecule has 8 nitrogen and oxygen atoms in total. The van der Waals surface area contributed by atoms with Crippen molar-refractivity contribution in [2.45, 2.75) is 32.7 Å². The van der Waals surface area contributed by atoms with Crippen LogP contribution in [0.5, 0.6) is 17.2 Å². The van der Waals surface area contributed by atoms with E-state index in [4.69, 9.17) is 14.2 Å². The van der Waals surface area contributed by atoms with E-state index in [1.54, 1.807) is 25.1 Å². The van der Waals surface area contributed by atoms with Crippen molar-refractivity contribution in [3.05, 3.63) is 48.0 Å². The number of amides is 1. The Morgan fingerprint density at radius 3 is 2.59 bits per heavy atom. The molecule has 0 spiro atoms. The number of ether oxygens (including phenoxy) is 3. The lowest BCUT2D eigenvalue weighted by Crippen LogP contribution is -2.48. The smallest absolute Gasteiger partial charge is 0.243 e. The molecule has 0 radical (unpaired) electrons. The number of para-hydroxylation sites is 1. The van der Waals surface area contributed by atoms with Gasteiger partial charge in [0.1, 0.15) is 25.0 Å². The van der Waals surface area contributed by atoms with Crippen LogP contribution in [0.25, 0.3) is 0 Å². The SMILES string of the molecule is CCOc1ccccc1CCCNC(=O)[C@@H](C)N(c1ccc2c(c1)OCCO2)S(C)(=O)=O. The molecule has 2 aromatic carbocycles. The fourth-order valence-electron chi connectivity index (χ4n) is 3.62. The van der Waals surface area contributed by atoms with Crippen molar-refractivity contribution in [3.8, 4) is 17.2 Å². The van der Waals surface area contributed by atoms with Crippen molar-refractivity contribution in [2.24, 2.45) is 0 Å². The Morgan fingerprint density at radius 1 is 1.16 bits per heavy atom. The highest BCUT2D eigenvalue weighted by atomic mass is 32.2. The maximum Gasteiger partial charge on any atom is 0.243 e. The molecule has 0 aliphatic carbocycles. The van der Waals surface area contributed by atoms with E-state index in [0.29, 0.717) is 50.0 Å². The molecule has 0 saturated heterocycles. The van der Waals surface area contributed by atoms with Crippen molar-refractivity contribution in [3.63, 3.8) is 0 Å². The summed E-state index contributed by atoms with van der Waals surface area (Å²) in [5, 5.41) is 2.85. The molecular formula is C23H30N2O6S. The van der Waals surface area contributed by atoms with E-state index >= 15 is 0 Å². The number of nitrogens with zero attached hydrogens (tertiary/aromatic N) is 1. The number of anilines is 1. The molecule has 0 fully saturated rings. The highest BCUT2D eigenvalue weighted by molar-refractivity contribution is 7.92. The molecular weight excluding hydrogens is 432 g/mol. The van der Waals surface area contributed by atoms with Gasteiger partial charge in [0.15, 0.2) is 11.5 Å². The van der Waals surface area contributed by atoms with Gasteiger partial charge in [-0.1, -0.05) is 18.2 Å². The van der Waals surface area contributed by atoms with Crippen LogP contribution < -0.4 is 23.8 Å². The van der Waals surface area contributed by atoms with Crippen LogP contribution in [0.1, 0.15) is 25.8 Å². The summed E-state index contributed by atoms with van der Waals surface area (Å²) in [7, 11) is -3.71. The summed E-state index contributed by atoms with van der Waals surface area (Å²) in [5.41, 5.74) is 1.43. The minimum absolute atomic E-state index is 0.352. The monoisotopic (exact) mass is 462 g/mol. The zero-order valence-corrected chi connectivity index (χ0v) is 19.5. The van der Waals surface area contributed by atoms with Crippen molar-refractivity contribution in [1.29, 1.82) is 0 Å².